The first-order valence-electron chi connectivity index (χ1n) is 6.29. The van der Waals surface area contributed by atoms with E-state index in [9.17, 15) is 13.2 Å². The molecule has 0 fully saturated rings. The third-order valence-electron chi connectivity index (χ3n) is 3.04. The van der Waals surface area contributed by atoms with Crippen LogP contribution in [0.2, 0.25) is 0 Å². The zero-order valence-electron chi connectivity index (χ0n) is 11.6. The third-order valence-corrected chi connectivity index (χ3v) is 4.11. The number of hydrogen-bond acceptors (Lipinski definition) is 6. The second-order valence-corrected chi connectivity index (χ2v) is 5.89. The maximum atomic E-state index is 12.9. The number of thiazole rings is 1. The molecule has 3 aromatic rings. The van der Waals surface area contributed by atoms with Crippen molar-refractivity contribution in [3.05, 3.63) is 33.7 Å². The van der Waals surface area contributed by atoms with Crippen molar-refractivity contribution in [2.75, 3.05) is 5.32 Å². The molecular weight excluding hydrogens is 317 g/mol. The van der Waals surface area contributed by atoms with E-state index in [1.807, 2.05) is 13.8 Å². The van der Waals surface area contributed by atoms with Gasteiger partial charge in [0.1, 0.15) is 17.2 Å². The van der Waals surface area contributed by atoms with Crippen LogP contribution in [0.3, 0.4) is 0 Å². The number of aromatic nitrogens is 5. The van der Waals surface area contributed by atoms with E-state index in [0.29, 0.717) is 6.54 Å². The lowest BCUT2D eigenvalue weighted by molar-refractivity contribution is -0.141. The fourth-order valence-electron chi connectivity index (χ4n) is 1.86. The highest BCUT2D eigenvalue weighted by molar-refractivity contribution is 7.11. The molecule has 1 N–H and O–H groups in total. The second kappa shape index (κ2) is 5.20. The van der Waals surface area contributed by atoms with E-state index in [0.717, 1.165) is 28.0 Å². The Morgan fingerprint density at radius 1 is 1.27 bits per heavy atom. The van der Waals surface area contributed by atoms with Gasteiger partial charge in [0.15, 0.2) is 5.69 Å². The molecule has 0 spiro atoms. The van der Waals surface area contributed by atoms with E-state index in [1.165, 1.54) is 15.9 Å². The Morgan fingerprint density at radius 3 is 2.68 bits per heavy atom. The van der Waals surface area contributed by atoms with Gasteiger partial charge in [-0.2, -0.15) is 27.8 Å². The molecule has 0 aliphatic rings. The second-order valence-electron chi connectivity index (χ2n) is 4.60. The van der Waals surface area contributed by atoms with Gasteiger partial charge in [0.05, 0.1) is 12.2 Å². The highest BCUT2D eigenvalue weighted by Gasteiger charge is 2.34. The van der Waals surface area contributed by atoms with Gasteiger partial charge in [0.25, 0.3) is 5.78 Å². The smallest absolute Gasteiger partial charge is 0.363 e. The summed E-state index contributed by atoms with van der Waals surface area (Å²) >= 11 is 1.49. The number of alkyl halides is 3. The fourth-order valence-corrected chi connectivity index (χ4v) is 2.74. The summed E-state index contributed by atoms with van der Waals surface area (Å²) in [6.45, 7) is 4.13. The summed E-state index contributed by atoms with van der Waals surface area (Å²) < 4.78 is 39.8. The summed E-state index contributed by atoms with van der Waals surface area (Å²) in [7, 11) is 0. The van der Waals surface area contributed by atoms with Crippen molar-refractivity contribution >= 4 is 22.9 Å². The first-order chi connectivity index (χ1) is 10.3. The largest absolute Gasteiger partial charge is 0.433 e. The summed E-state index contributed by atoms with van der Waals surface area (Å²) in [5, 5.41) is 7.57. The molecule has 0 aromatic carbocycles. The van der Waals surface area contributed by atoms with E-state index in [4.69, 9.17) is 0 Å². The average molecular weight is 328 g/mol. The van der Waals surface area contributed by atoms with Crippen molar-refractivity contribution in [2.24, 2.45) is 0 Å². The van der Waals surface area contributed by atoms with Gasteiger partial charge < -0.3 is 5.32 Å². The van der Waals surface area contributed by atoms with Gasteiger partial charge in [0.2, 0.25) is 0 Å². The lowest BCUT2D eigenvalue weighted by Crippen LogP contribution is -2.13. The molecule has 0 amide bonds. The van der Waals surface area contributed by atoms with Gasteiger partial charge in [-0.25, -0.2) is 9.97 Å². The topological polar surface area (TPSA) is 68.0 Å². The molecule has 10 heteroatoms. The Labute approximate surface area is 127 Å². The van der Waals surface area contributed by atoms with Gasteiger partial charge >= 0.3 is 6.18 Å². The molecule has 22 heavy (non-hydrogen) atoms. The zero-order valence-corrected chi connectivity index (χ0v) is 12.5. The predicted molar refractivity (Wildman–Crippen MR) is 74.7 cm³/mol. The standard InChI is InChI=1S/C12H11F3N6S/c1-6-7(2)22-10(19-6)4-16-9-3-8(12(13,14)15)20-11-17-5-18-21(9)11/h3,5,16H,4H2,1-2H3. The Kier molecular flexibility index (Phi) is 3.47. The lowest BCUT2D eigenvalue weighted by atomic mass is 10.3. The number of nitrogens with one attached hydrogen (secondary N) is 1. The third kappa shape index (κ3) is 2.73. The van der Waals surface area contributed by atoms with E-state index in [2.05, 4.69) is 25.4 Å². The van der Waals surface area contributed by atoms with E-state index in [1.54, 1.807) is 0 Å². The fraction of sp³-hybridized carbons (Fsp3) is 0.333. The molecule has 116 valence electrons. The van der Waals surface area contributed by atoms with Crippen molar-refractivity contribution in [1.82, 2.24) is 24.6 Å². The maximum Gasteiger partial charge on any atom is 0.433 e. The molecule has 0 bridgehead atoms. The minimum Gasteiger partial charge on any atom is -0.363 e. The SMILES string of the molecule is Cc1nc(CNc2cc(C(F)(F)F)nc3ncnn23)sc1C. The summed E-state index contributed by atoms with van der Waals surface area (Å²) in [6, 6.07) is 0.912. The van der Waals surface area contributed by atoms with Crippen LogP contribution in [0.25, 0.3) is 5.78 Å². The Bertz CT molecular complexity index is 802. The van der Waals surface area contributed by atoms with E-state index >= 15 is 0 Å². The Balaban J connectivity index is 1.93. The van der Waals surface area contributed by atoms with Crippen LogP contribution in [0.4, 0.5) is 19.0 Å². The minimum atomic E-state index is -4.54. The number of aryl methyl sites for hydroxylation is 2. The molecule has 3 aromatic heterocycles. The molecule has 0 unspecified atom stereocenters. The Morgan fingerprint density at radius 2 is 2.05 bits per heavy atom. The van der Waals surface area contributed by atoms with Crippen LogP contribution in [0.5, 0.6) is 0 Å². The molecule has 0 saturated carbocycles. The van der Waals surface area contributed by atoms with Crippen molar-refractivity contribution in [3.8, 4) is 0 Å². The maximum absolute atomic E-state index is 12.9. The van der Waals surface area contributed by atoms with E-state index in [-0.39, 0.29) is 11.6 Å². The van der Waals surface area contributed by atoms with Crippen molar-refractivity contribution in [3.63, 3.8) is 0 Å². The highest BCUT2D eigenvalue weighted by atomic mass is 32.1. The lowest BCUT2D eigenvalue weighted by Gasteiger charge is -2.10. The number of hydrogen-bond donors (Lipinski definition) is 1. The molecule has 6 nitrogen and oxygen atoms in total. The van der Waals surface area contributed by atoms with Gasteiger partial charge in [-0.3, -0.25) is 0 Å². The number of anilines is 1. The Hall–Kier alpha value is -2.23. The number of halogens is 3. The van der Waals surface area contributed by atoms with E-state index < -0.39 is 11.9 Å². The quantitative estimate of drug-likeness (QED) is 0.801. The van der Waals surface area contributed by atoms with Crippen LogP contribution < -0.4 is 5.32 Å². The minimum absolute atomic E-state index is 0.108. The summed E-state index contributed by atoms with van der Waals surface area (Å²) in [5.41, 5.74) is -0.0968. The normalized spacial score (nSPS) is 12.0. The van der Waals surface area contributed by atoms with Crippen LogP contribution in [0.1, 0.15) is 21.3 Å². The van der Waals surface area contributed by atoms with Crippen LogP contribution in [-0.4, -0.2) is 24.6 Å². The number of nitrogens with zero attached hydrogens (tertiary/aromatic N) is 5. The first-order valence-corrected chi connectivity index (χ1v) is 7.11. The van der Waals surface area contributed by atoms with Crippen molar-refractivity contribution in [2.45, 2.75) is 26.6 Å². The molecule has 0 aliphatic carbocycles. The van der Waals surface area contributed by atoms with Gasteiger partial charge in [-0.15, -0.1) is 11.3 Å². The van der Waals surface area contributed by atoms with Crippen LogP contribution in [0.15, 0.2) is 12.4 Å². The van der Waals surface area contributed by atoms with Crippen LogP contribution >= 0.6 is 11.3 Å². The molecule has 0 atom stereocenters. The molecule has 0 radical (unpaired) electrons. The van der Waals surface area contributed by atoms with Crippen molar-refractivity contribution in [1.29, 1.82) is 0 Å². The van der Waals surface area contributed by atoms with Gasteiger partial charge in [-0.1, -0.05) is 0 Å². The molecular formula is C12H11F3N6S. The van der Waals surface area contributed by atoms with Crippen LogP contribution in [0, 0.1) is 13.8 Å². The van der Waals surface area contributed by atoms with Crippen molar-refractivity contribution < 1.29 is 13.2 Å². The zero-order chi connectivity index (χ0) is 15.9. The average Bonchev–Trinajstić information content (AvgIpc) is 3.02. The molecule has 0 saturated heterocycles. The monoisotopic (exact) mass is 328 g/mol. The van der Waals surface area contributed by atoms with Gasteiger partial charge in [-0.05, 0) is 13.8 Å². The molecule has 3 rings (SSSR count). The summed E-state index contributed by atoms with van der Waals surface area (Å²) in [4.78, 5) is 12.6. The van der Waals surface area contributed by atoms with Crippen LogP contribution in [-0.2, 0) is 12.7 Å². The molecule has 3 heterocycles. The summed E-state index contributed by atoms with van der Waals surface area (Å²) in [6.07, 6.45) is -3.39. The molecule has 0 aliphatic heterocycles. The number of rotatable bonds is 3. The first kappa shape index (κ1) is 14.7. The highest BCUT2D eigenvalue weighted by Crippen LogP contribution is 2.29. The summed E-state index contributed by atoms with van der Waals surface area (Å²) in [5.74, 6) is 0.0594. The van der Waals surface area contributed by atoms with Gasteiger partial charge in [0, 0.05) is 10.9 Å². The number of fused-ring (bicyclic) bond motifs is 1. The predicted octanol–water partition coefficient (Wildman–Crippen LogP) is 2.83.